The van der Waals surface area contributed by atoms with Gasteiger partial charge in [0, 0.05) is 36.0 Å². The van der Waals surface area contributed by atoms with E-state index in [1.165, 1.54) is 13.3 Å². The van der Waals surface area contributed by atoms with Crippen LogP contribution in [0.5, 0.6) is 5.75 Å². The zero-order valence-corrected chi connectivity index (χ0v) is 18.8. The minimum Gasteiger partial charge on any atom is -0.496 e. The smallest absolute Gasteiger partial charge is 0.281 e. The van der Waals surface area contributed by atoms with Gasteiger partial charge in [0.1, 0.15) is 34.6 Å². The van der Waals surface area contributed by atoms with E-state index in [4.69, 9.17) is 4.74 Å². The standard InChI is InChI=1S/C24H19F4N7O/c1-36-19-6-22-30-8-18(17-3-2-4-21(32-17)33-20-9-29-12-24(20,27)28)34(22)11-15(19)14-7-31-35-10-13(25)5-16(26)23(14)35/h2-8,10-11,20,29H,9,12H2,1H3,(H,32,33). The number of alkyl halides is 2. The van der Waals surface area contributed by atoms with Crippen molar-refractivity contribution < 1.29 is 22.3 Å². The molecule has 1 saturated heterocycles. The van der Waals surface area contributed by atoms with Gasteiger partial charge in [0.2, 0.25) is 0 Å². The molecule has 5 aromatic heterocycles. The number of hydrogen-bond acceptors (Lipinski definition) is 6. The summed E-state index contributed by atoms with van der Waals surface area (Å²) < 4.78 is 64.9. The molecule has 6 rings (SSSR count). The molecule has 0 aliphatic carbocycles. The van der Waals surface area contributed by atoms with E-state index >= 15 is 0 Å². The van der Waals surface area contributed by atoms with Crippen LogP contribution in [0.3, 0.4) is 0 Å². The average Bonchev–Trinajstić information content (AvgIpc) is 3.55. The second-order valence-corrected chi connectivity index (χ2v) is 8.48. The molecule has 12 heteroatoms. The molecule has 0 radical (unpaired) electrons. The highest BCUT2D eigenvalue weighted by atomic mass is 19.3. The highest BCUT2D eigenvalue weighted by Crippen LogP contribution is 2.36. The maximum Gasteiger partial charge on any atom is 0.281 e. The van der Waals surface area contributed by atoms with Crippen molar-refractivity contribution in [1.82, 2.24) is 29.3 Å². The average molecular weight is 497 g/mol. The van der Waals surface area contributed by atoms with Gasteiger partial charge in [0.15, 0.2) is 5.82 Å². The number of rotatable bonds is 5. The van der Waals surface area contributed by atoms with Crippen molar-refractivity contribution in [2.24, 2.45) is 0 Å². The topological polar surface area (TPSA) is 80.8 Å². The Bertz CT molecular complexity index is 1610. The summed E-state index contributed by atoms with van der Waals surface area (Å²) in [7, 11) is 1.48. The molecule has 36 heavy (non-hydrogen) atoms. The number of fused-ring (bicyclic) bond motifs is 2. The van der Waals surface area contributed by atoms with Crippen LogP contribution in [0.2, 0.25) is 0 Å². The Kier molecular flexibility index (Phi) is 5.07. The Morgan fingerprint density at radius 3 is 2.78 bits per heavy atom. The maximum atomic E-state index is 14.7. The normalized spacial score (nSPS) is 17.2. The number of nitrogens with one attached hydrogen (secondary N) is 2. The van der Waals surface area contributed by atoms with Gasteiger partial charge in [-0.05, 0) is 12.1 Å². The summed E-state index contributed by atoms with van der Waals surface area (Å²) in [4.78, 5) is 8.94. The van der Waals surface area contributed by atoms with E-state index < -0.39 is 23.6 Å². The first-order valence-corrected chi connectivity index (χ1v) is 11.0. The van der Waals surface area contributed by atoms with Crippen molar-refractivity contribution in [3.8, 4) is 28.3 Å². The highest BCUT2D eigenvalue weighted by molar-refractivity contribution is 5.85. The molecule has 1 aliphatic heterocycles. The molecule has 2 N–H and O–H groups in total. The third kappa shape index (κ3) is 3.61. The van der Waals surface area contributed by atoms with Crippen LogP contribution in [0.4, 0.5) is 23.4 Å². The van der Waals surface area contributed by atoms with Gasteiger partial charge < -0.3 is 15.4 Å². The van der Waals surface area contributed by atoms with Crippen LogP contribution in [0.15, 0.2) is 55.1 Å². The van der Waals surface area contributed by atoms with Gasteiger partial charge in [-0.3, -0.25) is 4.40 Å². The van der Waals surface area contributed by atoms with Gasteiger partial charge in [-0.1, -0.05) is 6.07 Å². The molecule has 0 aromatic carbocycles. The lowest BCUT2D eigenvalue weighted by Crippen LogP contribution is -2.38. The molecule has 184 valence electrons. The minimum absolute atomic E-state index is 0.0890. The van der Waals surface area contributed by atoms with Crippen LogP contribution in [0, 0.1) is 11.6 Å². The number of aromatic nitrogens is 5. The van der Waals surface area contributed by atoms with E-state index in [0.717, 1.165) is 16.8 Å². The minimum atomic E-state index is -2.89. The van der Waals surface area contributed by atoms with Crippen LogP contribution in [0.1, 0.15) is 0 Å². The fourth-order valence-electron chi connectivity index (χ4n) is 4.45. The van der Waals surface area contributed by atoms with Crippen molar-refractivity contribution >= 4 is 17.0 Å². The van der Waals surface area contributed by atoms with Crippen LogP contribution in [0.25, 0.3) is 33.7 Å². The molecular formula is C24H19F4N7O. The molecule has 8 nitrogen and oxygen atoms in total. The first-order chi connectivity index (χ1) is 17.3. The molecule has 0 bridgehead atoms. The SMILES string of the molecule is COc1cc2ncc(-c3cccc(NC4CNCC4(F)F)n3)n2cc1-c1cnn2cc(F)cc(F)c12. The fourth-order valence-corrected chi connectivity index (χ4v) is 4.45. The molecule has 1 atom stereocenters. The van der Waals surface area contributed by atoms with E-state index in [1.54, 1.807) is 41.1 Å². The Morgan fingerprint density at radius 1 is 1.14 bits per heavy atom. The third-order valence-electron chi connectivity index (χ3n) is 6.20. The van der Waals surface area contributed by atoms with E-state index in [1.807, 2.05) is 0 Å². The number of halogens is 4. The predicted molar refractivity (Wildman–Crippen MR) is 124 cm³/mol. The van der Waals surface area contributed by atoms with Gasteiger partial charge in [0.25, 0.3) is 5.92 Å². The zero-order valence-electron chi connectivity index (χ0n) is 18.8. The Hall–Kier alpha value is -4.19. The van der Waals surface area contributed by atoms with Crippen LogP contribution < -0.4 is 15.4 Å². The number of imidazole rings is 1. The van der Waals surface area contributed by atoms with Crippen molar-refractivity contribution in [2.75, 3.05) is 25.5 Å². The maximum absolute atomic E-state index is 14.7. The first-order valence-electron chi connectivity index (χ1n) is 11.0. The van der Waals surface area contributed by atoms with Crippen molar-refractivity contribution in [3.05, 3.63) is 66.8 Å². The van der Waals surface area contributed by atoms with E-state index in [9.17, 15) is 17.6 Å². The number of methoxy groups -OCH3 is 1. The fraction of sp³-hybridized carbons (Fsp3) is 0.208. The summed E-state index contributed by atoms with van der Waals surface area (Å²) in [5.41, 5.74) is 2.58. The predicted octanol–water partition coefficient (Wildman–Crippen LogP) is 4.02. The van der Waals surface area contributed by atoms with Gasteiger partial charge in [-0.15, -0.1) is 0 Å². The monoisotopic (exact) mass is 497 g/mol. The van der Waals surface area contributed by atoms with E-state index in [0.29, 0.717) is 39.7 Å². The largest absolute Gasteiger partial charge is 0.496 e. The van der Waals surface area contributed by atoms with Gasteiger partial charge in [0.05, 0.1) is 43.6 Å². The second-order valence-electron chi connectivity index (χ2n) is 8.48. The second kappa shape index (κ2) is 8.19. The van der Waals surface area contributed by atoms with Crippen molar-refractivity contribution in [2.45, 2.75) is 12.0 Å². The van der Waals surface area contributed by atoms with Crippen LogP contribution in [-0.2, 0) is 0 Å². The highest BCUT2D eigenvalue weighted by Gasteiger charge is 2.44. The van der Waals surface area contributed by atoms with E-state index in [2.05, 4.69) is 25.7 Å². The third-order valence-corrected chi connectivity index (χ3v) is 6.20. The molecule has 0 spiro atoms. The molecule has 1 unspecified atom stereocenters. The number of pyridine rings is 3. The summed E-state index contributed by atoms with van der Waals surface area (Å²) in [6, 6.07) is 6.46. The summed E-state index contributed by atoms with van der Waals surface area (Å²) in [6.45, 7) is -0.267. The molecule has 0 saturated carbocycles. The Balaban J connectivity index is 1.45. The molecule has 0 amide bonds. The zero-order chi connectivity index (χ0) is 25.0. The van der Waals surface area contributed by atoms with Gasteiger partial charge in [-0.2, -0.15) is 5.10 Å². The summed E-state index contributed by atoms with van der Waals surface area (Å²) in [5.74, 6) is -3.69. The van der Waals surface area contributed by atoms with Crippen molar-refractivity contribution in [1.29, 1.82) is 0 Å². The number of anilines is 1. The molecular weight excluding hydrogens is 478 g/mol. The molecule has 1 aliphatic rings. The summed E-state index contributed by atoms with van der Waals surface area (Å²) in [5, 5.41) is 9.57. The number of hydrogen-bond donors (Lipinski definition) is 2. The summed E-state index contributed by atoms with van der Waals surface area (Å²) >= 11 is 0. The molecule has 6 heterocycles. The number of nitrogens with zero attached hydrogens (tertiary/aromatic N) is 5. The summed E-state index contributed by atoms with van der Waals surface area (Å²) in [6.07, 6.45) is 5.81. The lowest BCUT2D eigenvalue weighted by atomic mass is 10.1. The van der Waals surface area contributed by atoms with Gasteiger partial charge >= 0.3 is 0 Å². The van der Waals surface area contributed by atoms with Crippen LogP contribution >= 0.6 is 0 Å². The molecule has 1 fully saturated rings. The Labute approximate surface area is 201 Å². The Morgan fingerprint density at radius 2 is 2.00 bits per heavy atom. The number of ether oxygens (including phenoxy) is 1. The lowest BCUT2D eigenvalue weighted by Gasteiger charge is -2.20. The lowest BCUT2D eigenvalue weighted by molar-refractivity contribution is 0.0138. The quantitative estimate of drug-likeness (QED) is 0.357. The van der Waals surface area contributed by atoms with Crippen LogP contribution in [-0.4, -0.2) is 56.1 Å². The van der Waals surface area contributed by atoms with E-state index in [-0.39, 0.29) is 18.6 Å². The first kappa shape index (κ1) is 22.3. The van der Waals surface area contributed by atoms with Crippen molar-refractivity contribution in [3.63, 3.8) is 0 Å². The molecule has 5 aromatic rings. The van der Waals surface area contributed by atoms with Gasteiger partial charge in [-0.25, -0.2) is 32.0 Å².